The van der Waals surface area contributed by atoms with Crippen molar-refractivity contribution in [3.8, 4) is 17.1 Å². The molecule has 5 nitrogen and oxygen atoms in total. The van der Waals surface area contributed by atoms with E-state index < -0.39 is 0 Å². The van der Waals surface area contributed by atoms with Gasteiger partial charge in [0, 0.05) is 0 Å². The molecule has 1 heterocycles. The van der Waals surface area contributed by atoms with Gasteiger partial charge in [0.05, 0.1) is 19.2 Å². The number of aromatic amines is 1. The van der Waals surface area contributed by atoms with Crippen molar-refractivity contribution < 1.29 is 4.74 Å². The number of ether oxygens (including phenoxy) is 1. The van der Waals surface area contributed by atoms with E-state index in [1.54, 1.807) is 7.11 Å². The second kappa shape index (κ2) is 4.97. The lowest BCUT2D eigenvalue weighted by Gasteiger charge is -2.07. The SMILES string of the molecule is CCc1ccc(-c2nc(CN)n[nH]2)c(OC)c1. The molecule has 0 spiro atoms. The first-order chi connectivity index (χ1) is 8.28. The van der Waals surface area contributed by atoms with Crippen LogP contribution < -0.4 is 10.5 Å². The Morgan fingerprint density at radius 3 is 2.82 bits per heavy atom. The maximum Gasteiger partial charge on any atom is 0.164 e. The first-order valence-corrected chi connectivity index (χ1v) is 5.57. The van der Waals surface area contributed by atoms with Crippen LogP contribution in [-0.4, -0.2) is 22.3 Å². The van der Waals surface area contributed by atoms with Crippen LogP contribution in [0.25, 0.3) is 11.4 Å². The Balaban J connectivity index is 2.43. The van der Waals surface area contributed by atoms with Gasteiger partial charge < -0.3 is 10.5 Å². The molecule has 0 aliphatic carbocycles. The standard InChI is InChI=1S/C12H16N4O/c1-3-8-4-5-9(10(6-8)17-2)12-14-11(7-13)15-16-12/h4-6H,3,7,13H2,1-2H3,(H,14,15,16). The van der Waals surface area contributed by atoms with Gasteiger partial charge in [-0.2, -0.15) is 5.10 Å². The van der Waals surface area contributed by atoms with Gasteiger partial charge in [0.25, 0.3) is 0 Å². The highest BCUT2D eigenvalue weighted by atomic mass is 16.5. The van der Waals surface area contributed by atoms with Crippen LogP contribution in [0.1, 0.15) is 18.3 Å². The fraction of sp³-hybridized carbons (Fsp3) is 0.333. The van der Waals surface area contributed by atoms with Gasteiger partial charge in [-0.3, -0.25) is 5.10 Å². The maximum atomic E-state index is 5.48. The highest BCUT2D eigenvalue weighted by Gasteiger charge is 2.10. The molecule has 17 heavy (non-hydrogen) atoms. The summed E-state index contributed by atoms with van der Waals surface area (Å²) in [6.45, 7) is 2.43. The summed E-state index contributed by atoms with van der Waals surface area (Å²) in [6, 6.07) is 6.06. The zero-order chi connectivity index (χ0) is 12.3. The van der Waals surface area contributed by atoms with E-state index in [-0.39, 0.29) is 0 Å². The normalized spacial score (nSPS) is 10.5. The third kappa shape index (κ3) is 2.29. The Hall–Kier alpha value is -1.88. The molecule has 0 aliphatic heterocycles. The fourth-order valence-corrected chi connectivity index (χ4v) is 1.66. The van der Waals surface area contributed by atoms with Crippen LogP contribution in [0.5, 0.6) is 5.75 Å². The first kappa shape index (κ1) is 11.6. The Labute approximate surface area is 100 Å². The van der Waals surface area contributed by atoms with Gasteiger partial charge in [-0.05, 0) is 24.1 Å². The van der Waals surface area contributed by atoms with Gasteiger partial charge in [-0.25, -0.2) is 4.98 Å². The molecular weight excluding hydrogens is 216 g/mol. The molecule has 2 aromatic rings. The number of rotatable bonds is 4. The monoisotopic (exact) mass is 232 g/mol. The number of nitrogens with zero attached hydrogens (tertiary/aromatic N) is 2. The summed E-state index contributed by atoms with van der Waals surface area (Å²) < 4.78 is 5.37. The summed E-state index contributed by atoms with van der Waals surface area (Å²) in [5.74, 6) is 2.08. The van der Waals surface area contributed by atoms with Crippen LogP contribution in [0.15, 0.2) is 18.2 Å². The van der Waals surface area contributed by atoms with E-state index >= 15 is 0 Å². The van der Waals surface area contributed by atoms with E-state index in [1.165, 1.54) is 5.56 Å². The van der Waals surface area contributed by atoms with Crippen molar-refractivity contribution in [2.24, 2.45) is 5.73 Å². The summed E-state index contributed by atoms with van der Waals surface area (Å²) in [5, 5.41) is 6.88. The molecule has 0 bridgehead atoms. The second-order valence-electron chi connectivity index (χ2n) is 3.69. The van der Waals surface area contributed by atoms with Crippen LogP contribution >= 0.6 is 0 Å². The van der Waals surface area contributed by atoms with Crippen LogP contribution in [0.4, 0.5) is 0 Å². The minimum Gasteiger partial charge on any atom is -0.496 e. The molecule has 0 atom stereocenters. The lowest BCUT2D eigenvalue weighted by Crippen LogP contribution is -1.98. The van der Waals surface area contributed by atoms with Crippen molar-refractivity contribution in [1.29, 1.82) is 0 Å². The number of nitrogens with two attached hydrogens (primary N) is 1. The third-order valence-electron chi connectivity index (χ3n) is 2.64. The Morgan fingerprint density at radius 1 is 1.41 bits per heavy atom. The van der Waals surface area contributed by atoms with Crippen LogP contribution in [0.3, 0.4) is 0 Å². The van der Waals surface area contributed by atoms with Crippen molar-refractivity contribution in [3.05, 3.63) is 29.6 Å². The van der Waals surface area contributed by atoms with Gasteiger partial charge in [-0.1, -0.05) is 13.0 Å². The van der Waals surface area contributed by atoms with E-state index in [4.69, 9.17) is 10.5 Å². The summed E-state index contributed by atoms with van der Waals surface area (Å²) in [7, 11) is 1.65. The van der Waals surface area contributed by atoms with E-state index in [2.05, 4.69) is 28.2 Å². The summed E-state index contributed by atoms with van der Waals surface area (Å²) in [6.07, 6.45) is 0.973. The molecule has 0 fully saturated rings. The van der Waals surface area contributed by atoms with Crippen LogP contribution in [0, 0.1) is 0 Å². The molecule has 0 saturated carbocycles. The Kier molecular flexibility index (Phi) is 3.39. The minimum atomic E-state index is 0.325. The lowest BCUT2D eigenvalue weighted by molar-refractivity contribution is 0.415. The lowest BCUT2D eigenvalue weighted by atomic mass is 10.1. The summed E-state index contributed by atoms with van der Waals surface area (Å²) >= 11 is 0. The second-order valence-corrected chi connectivity index (χ2v) is 3.69. The molecule has 0 radical (unpaired) electrons. The molecule has 1 aromatic heterocycles. The largest absolute Gasteiger partial charge is 0.496 e. The molecule has 90 valence electrons. The predicted molar refractivity (Wildman–Crippen MR) is 65.6 cm³/mol. The minimum absolute atomic E-state index is 0.325. The number of aromatic nitrogens is 3. The van der Waals surface area contributed by atoms with Crippen LogP contribution in [-0.2, 0) is 13.0 Å². The van der Waals surface area contributed by atoms with E-state index in [0.717, 1.165) is 17.7 Å². The molecule has 1 aromatic carbocycles. The Morgan fingerprint density at radius 2 is 2.24 bits per heavy atom. The van der Waals surface area contributed by atoms with Gasteiger partial charge in [0.1, 0.15) is 5.75 Å². The van der Waals surface area contributed by atoms with Gasteiger partial charge >= 0.3 is 0 Å². The number of H-pyrrole nitrogens is 1. The maximum absolute atomic E-state index is 5.48. The van der Waals surface area contributed by atoms with E-state index in [9.17, 15) is 0 Å². The van der Waals surface area contributed by atoms with Crippen molar-refractivity contribution in [2.75, 3.05) is 7.11 Å². The number of aryl methyl sites for hydroxylation is 1. The van der Waals surface area contributed by atoms with Crippen LogP contribution in [0.2, 0.25) is 0 Å². The average Bonchev–Trinajstić information content (AvgIpc) is 2.86. The molecule has 0 saturated heterocycles. The third-order valence-corrected chi connectivity index (χ3v) is 2.64. The van der Waals surface area contributed by atoms with Gasteiger partial charge in [0.15, 0.2) is 11.6 Å². The fourth-order valence-electron chi connectivity index (χ4n) is 1.66. The number of nitrogens with one attached hydrogen (secondary N) is 1. The average molecular weight is 232 g/mol. The van der Waals surface area contributed by atoms with E-state index in [1.807, 2.05) is 12.1 Å². The van der Waals surface area contributed by atoms with Gasteiger partial charge in [-0.15, -0.1) is 0 Å². The predicted octanol–water partition coefficient (Wildman–Crippen LogP) is 1.50. The molecule has 0 aliphatic rings. The molecule has 2 rings (SSSR count). The summed E-state index contributed by atoms with van der Waals surface area (Å²) in [4.78, 5) is 4.29. The number of methoxy groups -OCH3 is 1. The van der Waals surface area contributed by atoms with Crippen molar-refractivity contribution in [3.63, 3.8) is 0 Å². The highest BCUT2D eigenvalue weighted by molar-refractivity contribution is 5.64. The smallest absolute Gasteiger partial charge is 0.164 e. The molecule has 5 heteroatoms. The zero-order valence-electron chi connectivity index (χ0n) is 10.0. The van der Waals surface area contributed by atoms with Crippen molar-refractivity contribution in [2.45, 2.75) is 19.9 Å². The quantitative estimate of drug-likeness (QED) is 0.837. The number of hydrogen-bond acceptors (Lipinski definition) is 4. The van der Waals surface area contributed by atoms with Crippen molar-refractivity contribution >= 4 is 0 Å². The molecule has 3 N–H and O–H groups in total. The zero-order valence-corrected chi connectivity index (χ0v) is 10.0. The highest BCUT2D eigenvalue weighted by Crippen LogP contribution is 2.28. The first-order valence-electron chi connectivity index (χ1n) is 5.57. The summed E-state index contributed by atoms with van der Waals surface area (Å²) in [5.41, 5.74) is 7.61. The molecule has 0 unspecified atom stereocenters. The number of hydrogen-bond donors (Lipinski definition) is 2. The topological polar surface area (TPSA) is 76.8 Å². The van der Waals surface area contributed by atoms with Gasteiger partial charge in [0.2, 0.25) is 0 Å². The van der Waals surface area contributed by atoms with Crippen molar-refractivity contribution in [1.82, 2.24) is 15.2 Å². The number of benzene rings is 1. The van der Waals surface area contributed by atoms with E-state index in [0.29, 0.717) is 18.2 Å². The Bertz CT molecular complexity index is 507. The molecule has 0 amide bonds. The molecular formula is C12H16N4O.